The number of carbonyl (C=O) groups is 1. The zero-order chi connectivity index (χ0) is 13.3. The third-order valence-corrected chi connectivity index (χ3v) is 3.66. The van der Waals surface area contributed by atoms with E-state index in [0.29, 0.717) is 18.4 Å². The molecule has 1 amide bonds. The summed E-state index contributed by atoms with van der Waals surface area (Å²) in [4.78, 5) is 10.6. The van der Waals surface area contributed by atoms with Crippen LogP contribution >= 0.6 is 0 Å². The predicted molar refractivity (Wildman–Crippen MR) is 71.9 cm³/mol. The van der Waals surface area contributed by atoms with Gasteiger partial charge in [0.05, 0.1) is 0 Å². The van der Waals surface area contributed by atoms with Crippen molar-refractivity contribution in [2.24, 2.45) is 17.8 Å². The van der Waals surface area contributed by atoms with Crippen LogP contribution in [0.1, 0.15) is 47.5 Å². The Labute approximate surface area is 106 Å². The van der Waals surface area contributed by atoms with Gasteiger partial charge in [-0.2, -0.15) is 0 Å². The van der Waals surface area contributed by atoms with Gasteiger partial charge in [0.15, 0.2) is 0 Å². The van der Waals surface area contributed by atoms with Gasteiger partial charge in [-0.15, -0.1) is 0 Å². The summed E-state index contributed by atoms with van der Waals surface area (Å²) < 4.78 is 5.64. The van der Waals surface area contributed by atoms with Gasteiger partial charge < -0.3 is 10.1 Å². The summed E-state index contributed by atoms with van der Waals surface area (Å²) in [7, 11) is 0. The molecule has 0 aliphatic rings. The molecule has 0 spiro atoms. The van der Waals surface area contributed by atoms with Crippen molar-refractivity contribution in [1.82, 2.24) is 5.32 Å². The van der Waals surface area contributed by atoms with Crippen LogP contribution in [-0.2, 0) is 9.53 Å². The van der Waals surface area contributed by atoms with E-state index in [1.54, 1.807) is 0 Å². The van der Waals surface area contributed by atoms with Gasteiger partial charge in [-0.1, -0.05) is 34.1 Å². The van der Waals surface area contributed by atoms with Crippen molar-refractivity contribution in [2.75, 3.05) is 19.8 Å². The summed E-state index contributed by atoms with van der Waals surface area (Å²) in [5, 5.41) is 2.76. The lowest BCUT2D eigenvalue weighted by Gasteiger charge is -2.25. The minimum Gasteiger partial charge on any atom is -0.381 e. The van der Waals surface area contributed by atoms with Gasteiger partial charge in [-0.25, -0.2) is 0 Å². The Morgan fingerprint density at radius 1 is 1.24 bits per heavy atom. The molecular weight excluding hydrogens is 214 g/mol. The van der Waals surface area contributed by atoms with Crippen molar-refractivity contribution < 1.29 is 9.53 Å². The van der Waals surface area contributed by atoms with Crippen molar-refractivity contribution in [3.63, 3.8) is 0 Å². The Morgan fingerprint density at radius 2 is 1.88 bits per heavy atom. The van der Waals surface area contributed by atoms with Crippen molar-refractivity contribution in [3.8, 4) is 0 Å². The van der Waals surface area contributed by atoms with Crippen LogP contribution in [0.4, 0.5) is 0 Å². The second-order valence-corrected chi connectivity index (χ2v) is 5.13. The summed E-state index contributed by atoms with van der Waals surface area (Å²) >= 11 is 0. The summed E-state index contributed by atoms with van der Waals surface area (Å²) in [6.45, 7) is 12.9. The molecule has 0 aromatic heterocycles. The average Bonchev–Trinajstić information content (AvgIpc) is 2.30. The van der Waals surface area contributed by atoms with E-state index in [9.17, 15) is 4.79 Å². The van der Waals surface area contributed by atoms with Crippen LogP contribution in [-0.4, -0.2) is 25.7 Å². The van der Waals surface area contributed by atoms with Gasteiger partial charge in [0, 0.05) is 26.7 Å². The van der Waals surface area contributed by atoms with Gasteiger partial charge in [-0.3, -0.25) is 4.79 Å². The quantitative estimate of drug-likeness (QED) is 0.632. The molecule has 0 bridgehead atoms. The Hall–Kier alpha value is -0.570. The minimum atomic E-state index is 0.0313. The number of hydrogen-bond donors (Lipinski definition) is 1. The molecule has 3 heteroatoms. The third-order valence-electron chi connectivity index (χ3n) is 3.66. The van der Waals surface area contributed by atoms with Crippen LogP contribution in [0, 0.1) is 17.8 Å². The standard InChI is InChI=1S/C14H29NO2/c1-6-11(2)13(4)12(3)10-17-9-7-8-15-14(5)16/h11-13H,6-10H2,1-5H3,(H,15,16). The lowest BCUT2D eigenvalue weighted by molar-refractivity contribution is -0.119. The number of ether oxygens (including phenoxy) is 1. The first-order valence-corrected chi connectivity index (χ1v) is 6.81. The molecule has 0 heterocycles. The Morgan fingerprint density at radius 3 is 2.41 bits per heavy atom. The maximum Gasteiger partial charge on any atom is 0.216 e. The van der Waals surface area contributed by atoms with Gasteiger partial charge in [-0.05, 0) is 24.2 Å². The van der Waals surface area contributed by atoms with Crippen LogP contribution in [0.5, 0.6) is 0 Å². The topological polar surface area (TPSA) is 38.3 Å². The lowest BCUT2D eigenvalue weighted by Crippen LogP contribution is -2.23. The molecule has 0 saturated heterocycles. The van der Waals surface area contributed by atoms with E-state index in [1.165, 1.54) is 13.3 Å². The highest BCUT2D eigenvalue weighted by molar-refractivity contribution is 5.72. The molecule has 0 radical (unpaired) electrons. The fourth-order valence-electron chi connectivity index (χ4n) is 1.79. The van der Waals surface area contributed by atoms with Crippen LogP contribution < -0.4 is 5.32 Å². The highest BCUT2D eigenvalue weighted by Gasteiger charge is 2.17. The van der Waals surface area contributed by atoms with Crippen molar-refractivity contribution in [1.29, 1.82) is 0 Å². The normalized spacial score (nSPS) is 16.3. The summed E-state index contributed by atoms with van der Waals surface area (Å²) in [5.41, 5.74) is 0. The first kappa shape index (κ1) is 16.4. The van der Waals surface area contributed by atoms with Crippen molar-refractivity contribution in [3.05, 3.63) is 0 Å². The highest BCUT2D eigenvalue weighted by atomic mass is 16.5. The maximum absolute atomic E-state index is 10.6. The molecule has 0 aromatic carbocycles. The molecule has 0 aliphatic heterocycles. The van der Waals surface area contributed by atoms with E-state index in [-0.39, 0.29) is 5.91 Å². The van der Waals surface area contributed by atoms with Crippen LogP contribution in [0.15, 0.2) is 0 Å². The molecule has 0 saturated carbocycles. The molecule has 0 fully saturated rings. The number of carbonyl (C=O) groups excluding carboxylic acids is 1. The first-order valence-electron chi connectivity index (χ1n) is 6.81. The summed E-state index contributed by atoms with van der Waals surface area (Å²) in [6.07, 6.45) is 2.12. The zero-order valence-electron chi connectivity index (χ0n) is 12.1. The molecule has 3 atom stereocenters. The highest BCUT2D eigenvalue weighted by Crippen LogP contribution is 2.23. The van der Waals surface area contributed by atoms with Gasteiger partial charge in [0.1, 0.15) is 0 Å². The van der Waals surface area contributed by atoms with E-state index in [1.807, 2.05) is 0 Å². The fourth-order valence-corrected chi connectivity index (χ4v) is 1.79. The summed E-state index contributed by atoms with van der Waals surface area (Å²) in [5.74, 6) is 2.10. The van der Waals surface area contributed by atoms with E-state index < -0.39 is 0 Å². The molecule has 0 aliphatic carbocycles. The molecule has 3 unspecified atom stereocenters. The van der Waals surface area contributed by atoms with E-state index in [0.717, 1.165) is 25.6 Å². The number of hydrogen-bond acceptors (Lipinski definition) is 2. The third kappa shape index (κ3) is 8.19. The first-order chi connectivity index (χ1) is 7.99. The van der Waals surface area contributed by atoms with E-state index >= 15 is 0 Å². The predicted octanol–water partition coefficient (Wildman–Crippen LogP) is 2.85. The van der Waals surface area contributed by atoms with Gasteiger partial charge in [0.2, 0.25) is 5.91 Å². The lowest BCUT2D eigenvalue weighted by atomic mass is 9.84. The van der Waals surface area contributed by atoms with Gasteiger partial charge >= 0.3 is 0 Å². The Kier molecular flexibility index (Phi) is 9.14. The zero-order valence-corrected chi connectivity index (χ0v) is 12.1. The fraction of sp³-hybridized carbons (Fsp3) is 0.929. The number of rotatable bonds is 9. The maximum atomic E-state index is 10.6. The SMILES string of the molecule is CCC(C)C(C)C(C)COCCCNC(C)=O. The van der Waals surface area contributed by atoms with Crippen molar-refractivity contribution >= 4 is 5.91 Å². The van der Waals surface area contributed by atoms with Crippen LogP contribution in [0.3, 0.4) is 0 Å². The second-order valence-electron chi connectivity index (χ2n) is 5.13. The van der Waals surface area contributed by atoms with Gasteiger partial charge in [0.25, 0.3) is 0 Å². The Bertz CT molecular complexity index is 206. The van der Waals surface area contributed by atoms with Crippen molar-refractivity contribution in [2.45, 2.75) is 47.5 Å². The summed E-state index contributed by atoms with van der Waals surface area (Å²) in [6, 6.07) is 0. The van der Waals surface area contributed by atoms with Crippen LogP contribution in [0.25, 0.3) is 0 Å². The monoisotopic (exact) mass is 243 g/mol. The molecular formula is C14H29NO2. The second kappa shape index (κ2) is 9.46. The molecule has 0 aromatic rings. The smallest absolute Gasteiger partial charge is 0.216 e. The molecule has 17 heavy (non-hydrogen) atoms. The molecule has 3 nitrogen and oxygen atoms in total. The number of nitrogens with one attached hydrogen (secondary N) is 1. The van der Waals surface area contributed by atoms with E-state index in [4.69, 9.17) is 4.74 Å². The largest absolute Gasteiger partial charge is 0.381 e. The van der Waals surface area contributed by atoms with E-state index in [2.05, 4.69) is 33.0 Å². The minimum absolute atomic E-state index is 0.0313. The molecule has 1 N–H and O–H groups in total. The molecule has 0 rings (SSSR count). The molecule has 102 valence electrons. The average molecular weight is 243 g/mol. The Balaban J connectivity index is 3.50. The van der Waals surface area contributed by atoms with Crippen LogP contribution in [0.2, 0.25) is 0 Å². The number of amides is 1.